The standard InChI is InChI=1S/C23H24N6O2/c1-14(2)12-25-23(30)19-20-22(28-17-10-6-5-9-16(17)27-20)29(21(19)24)26-13-15-8-4-7-11-18(15)31-3/h4-11,13-14H,12,24H2,1-3H3,(H,25,30)/b26-13-. The van der Waals surface area contributed by atoms with Crippen LogP contribution in [0.5, 0.6) is 5.75 Å². The Balaban J connectivity index is 1.89. The summed E-state index contributed by atoms with van der Waals surface area (Å²) >= 11 is 0. The molecule has 0 bridgehead atoms. The first-order valence-electron chi connectivity index (χ1n) is 10.0. The number of fused-ring (bicyclic) bond motifs is 2. The molecule has 4 aromatic rings. The van der Waals surface area contributed by atoms with Crippen LogP contribution in [0.4, 0.5) is 5.82 Å². The van der Waals surface area contributed by atoms with Gasteiger partial charge in [-0.05, 0) is 30.2 Å². The predicted octanol–water partition coefficient (Wildman–Crippen LogP) is 3.44. The SMILES string of the molecule is COc1ccccc1/C=N\n1c(N)c(C(=O)NCC(C)C)c2nc3ccccc3nc21. The van der Waals surface area contributed by atoms with E-state index < -0.39 is 0 Å². The van der Waals surface area contributed by atoms with Gasteiger partial charge in [-0.25, -0.2) is 9.97 Å². The number of hydrogen-bond acceptors (Lipinski definition) is 6. The molecule has 2 aromatic carbocycles. The molecule has 0 saturated carbocycles. The van der Waals surface area contributed by atoms with Gasteiger partial charge >= 0.3 is 0 Å². The summed E-state index contributed by atoms with van der Waals surface area (Å²) in [7, 11) is 1.60. The average molecular weight is 416 g/mol. The number of nitrogens with two attached hydrogens (primary N) is 1. The minimum Gasteiger partial charge on any atom is -0.496 e. The van der Waals surface area contributed by atoms with Crippen LogP contribution < -0.4 is 15.8 Å². The number of anilines is 1. The fourth-order valence-corrected chi connectivity index (χ4v) is 3.27. The Morgan fingerprint density at radius 3 is 2.55 bits per heavy atom. The van der Waals surface area contributed by atoms with Crippen LogP contribution in [0.15, 0.2) is 53.6 Å². The zero-order chi connectivity index (χ0) is 22.0. The molecule has 31 heavy (non-hydrogen) atoms. The van der Waals surface area contributed by atoms with Crippen LogP contribution in [0.1, 0.15) is 29.8 Å². The number of amides is 1. The molecule has 1 amide bonds. The van der Waals surface area contributed by atoms with Crippen LogP contribution in [-0.4, -0.2) is 40.4 Å². The molecule has 4 rings (SSSR count). The molecular weight excluding hydrogens is 392 g/mol. The average Bonchev–Trinajstić information content (AvgIpc) is 3.04. The van der Waals surface area contributed by atoms with Crippen LogP contribution in [0.2, 0.25) is 0 Å². The van der Waals surface area contributed by atoms with Crippen molar-refractivity contribution in [3.8, 4) is 5.75 Å². The minimum absolute atomic E-state index is 0.178. The van der Waals surface area contributed by atoms with Gasteiger partial charge in [0.1, 0.15) is 22.6 Å². The van der Waals surface area contributed by atoms with E-state index in [-0.39, 0.29) is 17.3 Å². The highest BCUT2D eigenvalue weighted by Crippen LogP contribution is 2.28. The van der Waals surface area contributed by atoms with Crippen molar-refractivity contribution in [3.63, 3.8) is 0 Å². The summed E-state index contributed by atoms with van der Waals surface area (Å²) in [6.45, 7) is 4.58. The molecule has 158 valence electrons. The summed E-state index contributed by atoms with van der Waals surface area (Å²) in [5, 5.41) is 7.43. The smallest absolute Gasteiger partial charge is 0.257 e. The van der Waals surface area contributed by atoms with Crippen molar-refractivity contribution in [2.75, 3.05) is 19.4 Å². The first-order chi connectivity index (χ1) is 15.0. The van der Waals surface area contributed by atoms with Gasteiger partial charge in [0, 0.05) is 12.1 Å². The summed E-state index contributed by atoms with van der Waals surface area (Å²) in [4.78, 5) is 22.3. The Hall–Kier alpha value is -3.94. The number of carbonyl (C=O) groups excluding carboxylic acids is 1. The number of ether oxygens (including phenoxy) is 1. The molecule has 8 nitrogen and oxygen atoms in total. The number of hydrogen-bond donors (Lipinski definition) is 2. The summed E-state index contributed by atoms with van der Waals surface area (Å²) in [6, 6.07) is 15.0. The molecule has 0 saturated heterocycles. The largest absolute Gasteiger partial charge is 0.496 e. The summed E-state index contributed by atoms with van der Waals surface area (Å²) in [5.41, 5.74) is 9.63. The first-order valence-corrected chi connectivity index (χ1v) is 10.0. The van der Waals surface area contributed by atoms with Crippen molar-refractivity contribution in [2.24, 2.45) is 11.0 Å². The third-order valence-electron chi connectivity index (χ3n) is 4.82. The van der Waals surface area contributed by atoms with E-state index in [4.69, 9.17) is 10.5 Å². The van der Waals surface area contributed by atoms with E-state index >= 15 is 0 Å². The number of methoxy groups -OCH3 is 1. The zero-order valence-corrected chi connectivity index (χ0v) is 17.7. The van der Waals surface area contributed by atoms with Gasteiger partial charge in [0.05, 0.1) is 24.4 Å². The Labute approximate surface area is 179 Å². The Morgan fingerprint density at radius 1 is 1.16 bits per heavy atom. The molecule has 3 N–H and O–H groups in total. The highest BCUT2D eigenvalue weighted by molar-refractivity contribution is 6.10. The summed E-state index contributed by atoms with van der Waals surface area (Å²) < 4.78 is 6.83. The highest BCUT2D eigenvalue weighted by Gasteiger charge is 2.24. The predicted molar refractivity (Wildman–Crippen MR) is 123 cm³/mol. The number of para-hydroxylation sites is 3. The molecule has 0 fully saturated rings. The molecule has 2 aromatic heterocycles. The third-order valence-corrected chi connectivity index (χ3v) is 4.82. The normalized spacial score (nSPS) is 11.6. The van der Waals surface area contributed by atoms with Gasteiger partial charge in [-0.15, -0.1) is 0 Å². The second kappa shape index (κ2) is 8.43. The molecule has 0 spiro atoms. The molecule has 0 atom stereocenters. The van der Waals surface area contributed by atoms with Crippen LogP contribution in [0.3, 0.4) is 0 Å². The maximum atomic E-state index is 13.0. The Morgan fingerprint density at radius 2 is 1.84 bits per heavy atom. The lowest BCUT2D eigenvalue weighted by atomic mass is 10.2. The van der Waals surface area contributed by atoms with Gasteiger partial charge in [-0.1, -0.05) is 38.1 Å². The number of nitrogens with one attached hydrogen (secondary N) is 1. The fourth-order valence-electron chi connectivity index (χ4n) is 3.27. The van der Waals surface area contributed by atoms with Gasteiger partial charge in [-0.2, -0.15) is 9.78 Å². The quantitative estimate of drug-likeness (QED) is 0.468. The van der Waals surface area contributed by atoms with Crippen molar-refractivity contribution in [2.45, 2.75) is 13.8 Å². The topological polar surface area (TPSA) is 107 Å². The van der Waals surface area contributed by atoms with E-state index in [1.165, 1.54) is 4.68 Å². The van der Waals surface area contributed by atoms with E-state index in [9.17, 15) is 4.79 Å². The van der Waals surface area contributed by atoms with Gasteiger partial charge in [0.25, 0.3) is 5.91 Å². The number of rotatable bonds is 6. The number of benzene rings is 2. The van der Waals surface area contributed by atoms with E-state index in [0.717, 1.165) is 5.56 Å². The summed E-state index contributed by atoms with van der Waals surface area (Å²) in [6.07, 6.45) is 1.63. The van der Waals surface area contributed by atoms with Gasteiger partial charge in [-0.3, -0.25) is 4.79 Å². The molecule has 0 aliphatic rings. The van der Waals surface area contributed by atoms with Crippen LogP contribution in [0.25, 0.3) is 22.2 Å². The monoisotopic (exact) mass is 416 g/mol. The lowest BCUT2D eigenvalue weighted by Crippen LogP contribution is -2.28. The van der Waals surface area contributed by atoms with E-state index in [2.05, 4.69) is 20.4 Å². The Bertz CT molecular complexity index is 1290. The maximum Gasteiger partial charge on any atom is 0.257 e. The van der Waals surface area contributed by atoms with Crippen LogP contribution >= 0.6 is 0 Å². The first kappa shape index (κ1) is 20.3. The minimum atomic E-state index is -0.299. The van der Waals surface area contributed by atoms with E-state index in [1.807, 2.05) is 62.4 Å². The van der Waals surface area contributed by atoms with E-state index in [1.54, 1.807) is 13.3 Å². The highest BCUT2D eigenvalue weighted by atomic mass is 16.5. The third kappa shape index (κ3) is 3.92. The maximum absolute atomic E-state index is 13.0. The zero-order valence-electron chi connectivity index (χ0n) is 17.7. The number of nitrogens with zero attached hydrogens (tertiary/aromatic N) is 4. The lowest BCUT2D eigenvalue weighted by molar-refractivity contribution is 0.0951. The molecule has 0 aliphatic heterocycles. The van der Waals surface area contributed by atoms with Crippen molar-refractivity contribution in [1.82, 2.24) is 20.0 Å². The van der Waals surface area contributed by atoms with Gasteiger partial charge < -0.3 is 15.8 Å². The van der Waals surface area contributed by atoms with Crippen LogP contribution in [0, 0.1) is 5.92 Å². The van der Waals surface area contributed by atoms with Gasteiger partial charge in [0.2, 0.25) is 0 Å². The molecule has 8 heteroatoms. The van der Waals surface area contributed by atoms with Gasteiger partial charge in [0.15, 0.2) is 5.65 Å². The molecular formula is C23H24N6O2. The second-order valence-corrected chi connectivity index (χ2v) is 7.55. The second-order valence-electron chi connectivity index (χ2n) is 7.55. The lowest BCUT2D eigenvalue weighted by Gasteiger charge is -2.07. The van der Waals surface area contributed by atoms with Crippen molar-refractivity contribution in [1.29, 1.82) is 0 Å². The fraction of sp³-hybridized carbons (Fsp3) is 0.217. The van der Waals surface area contributed by atoms with Crippen molar-refractivity contribution in [3.05, 3.63) is 59.7 Å². The molecule has 0 aliphatic carbocycles. The van der Waals surface area contributed by atoms with E-state index in [0.29, 0.717) is 40.4 Å². The van der Waals surface area contributed by atoms with Crippen molar-refractivity contribution < 1.29 is 9.53 Å². The molecule has 0 radical (unpaired) electrons. The van der Waals surface area contributed by atoms with Crippen molar-refractivity contribution >= 4 is 40.1 Å². The number of aromatic nitrogens is 3. The molecule has 2 heterocycles. The number of carbonyl (C=O) groups is 1. The Kier molecular flexibility index (Phi) is 5.53. The molecule has 0 unspecified atom stereocenters. The van der Waals surface area contributed by atoms with Crippen LogP contribution in [-0.2, 0) is 0 Å². The summed E-state index contributed by atoms with van der Waals surface area (Å²) in [5.74, 6) is 0.853. The number of nitrogen functional groups attached to an aromatic ring is 1.